The summed E-state index contributed by atoms with van der Waals surface area (Å²) in [6.07, 6.45) is 5.46. The molecule has 0 aliphatic rings. The molecule has 3 heteroatoms. The number of nitrogen functional groups attached to an aromatic ring is 1. The summed E-state index contributed by atoms with van der Waals surface area (Å²) in [6.45, 7) is 9.91. The Hall–Kier alpha value is -1.77. The normalized spacial score (nSPS) is 12.6. The monoisotopic (exact) mass is 285 g/mol. The van der Waals surface area contributed by atoms with Crippen LogP contribution in [0, 0.1) is 6.92 Å². The molecule has 0 spiro atoms. The third kappa shape index (κ3) is 3.29. The van der Waals surface area contributed by atoms with E-state index in [0.29, 0.717) is 6.04 Å². The average molecular weight is 285 g/mol. The second-order valence-corrected chi connectivity index (χ2v) is 5.85. The summed E-state index contributed by atoms with van der Waals surface area (Å²) >= 11 is 0. The Labute approximate surface area is 128 Å². The zero-order valence-electron chi connectivity index (χ0n) is 13.7. The van der Waals surface area contributed by atoms with Crippen LogP contribution in [0.1, 0.15) is 45.7 Å². The van der Waals surface area contributed by atoms with Crippen molar-refractivity contribution in [3.05, 3.63) is 30.1 Å². The highest BCUT2D eigenvalue weighted by atomic mass is 15.2. The Morgan fingerprint density at radius 1 is 1.24 bits per heavy atom. The Balaban J connectivity index is 2.56. The van der Waals surface area contributed by atoms with Gasteiger partial charge in [-0.25, -0.2) is 0 Å². The van der Waals surface area contributed by atoms with Gasteiger partial charge in [0.2, 0.25) is 0 Å². The van der Waals surface area contributed by atoms with Crippen molar-refractivity contribution in [1.82, 2.24) is 4.98 Å². The number of hydrogen-bond donors (Lipinski definition) is 1. The number of rotatable bonds is 6. The number of nitrogens with zero attached hydrogens (tertiary/aromatic N) is 2. The summed E-state index contributed by atoms with van der Waals surface area (Å²) in [7, 11) is 0. The Morgan fingerprint density at radius 3 is 2.67 bits per heavy atom. The van der Waals surface area contributed by atoms with Gasteiger partial charge in [0.25, 0.3) is 0 Å². The number of fused-ring (bicyclic) bond motifs is 1. The highest BCUT2D eigenvalue weighted by Gasteiger charge is 2.16. The van der Waals surface area contributed by atoms with E-state index in [1.807, 2.05) is 19.2 Å². The van der Waals surface area contributed by atoms with Crippen LogP contribution in [0.15, 0.2) is 24.4 Å². The van der Waals surface area contributed by atoms with Crippen LogP contribution in [0.4, 0.5) is 11.4 Å². The lowest BCUT2D eigenvalue weighted by Crippen LogP contribution is -2.33. The molecular formula is C18H27N3. The quantitative estimate of drug-likeness (QED) is 0.793. The van der Waals surface area contributed by atoms with Crippen molar-refractivity contribution in [2.24, 2.45) is 0 Å². The molecule has 2 rings (SSSR count). The van der Waals surface area contributed by atoms with Crippen molar-refractivity contribution < 1.29 is 0 Å². The van der Waals surface area contributed by atoms with Gasteiger partial charge in [0.1, 0.15) is 0 Å². The molecule has 0 amide bonds. The number of pyridine rings is 1. The van der Waals surface area contributed by atoms with E-state index < -0.39 is 0 Å². The van der Waals surface area contributed by atoms with Gasteiger partial charge in [-0.15, -0.1) is 0 Å². The molecule has 2 aromatic rings. The Morgan fingerprint density at radius 2 is 2.00 bits per heavy atom. The summed E-state index contributed by atoms with van der Waals surface area (Å²) in [5, 5.41) is 2.28. The van der Waals surface area contributed by atoms with Gasteiger partial charge in [0.15, 0.2) is 0 Å². The number of benzene rings is 1. The molecule has 3 nitrogen and oxygen atoms in total. The predicted octanol–water partition coefficient (Wildman–Crippen LogP) is 4.53. The smallest absolute Gasteiger partial charge is 0.0451 e. The third-order valence-corrected chi connectivity index (χ3v) is 4.23. The number of aromatic nitrogens is 1. The minimum atomic E-state index is 0.525. The van der Waals surface area contributed by atoms with E-state index in [1.165, 1.54) is 23.9 Å². The molecule has 1 unspecified atom stereocenters. The Kier molecular flexibility index (Phi) is 5.05. The van der Waals surface area contributed by atoms with Crippen LogP contribution >= 0.6 is 0 Å². The zero-order chi connectivity index (χ0) is 15.4. The minimum Gasteiger partial charge on any atom is -0.398 e. The van der Waals surface area contributed by atoms with Crippen molar-refractivity contribution in [2.45, 2.75) is 53.0 Å². The van der Waals surface area contributed by atoms with Gasteiger partial charge in [-0.3, -0.25) is 4.98 Å². The standard InChI is InChI=1S/C18H27N3/c1-5-7-10-21(14(4)6-2)18-9-8-17(19)16-12-20-13(3)11-15(16)18/h8-9,11-12,14H,5-7,10,19H2,1-4H3. The molecular weight excluding hydrogens is 258 g/mol. The fourth-order valence-corrected chi connectivity index (χ4v) is 2.73. The van der Waals surface area contributed by atoms with E-state index in [2.05, 4.69) is 42.8 Å². The van der Waals surface area contributed by atoms with Crippen LogP contribution < -0.4 is 10.6 Å². The molecule has 0 fully saturated rings. The maximum absolute atomic E-state index is 6.13. The molecule has 0 saturated heterocycles. The number of anilines is 2. The highest BCUT2D eigenvalue weighted by molar-refractivity contribution is 6.01. The van der Waals surface area contributed by atoms with Gasteiger partial charge in [-0.2, -0.15) is 0 Å². The first-order chi connectivity index (χ1) is 10.1. The lowest BCUT2D eigenvalue weighted by molar-refractivity contribution is 0.597. The molecule has 0 aliphatic carbocycles. The largest absolute Gasteiger partial charge is 0.398 e. The number of nitrogens with two attached hydrogens (primary N) is 1. The van der Waals surface area contributed by atoms with E-state index in [-0.39, 0.29) is 0 Å². The van der Waals surface area contributed by atoms with Gasteiger partial charge >= 0.3 is 0 Å². The van der Waals surface area contributed by atoms with Crippen LogP contribution in [0.2, 0.25) is 0 Å². The number of hydrogen-bond acceptors (Lipinski definition) is 3. The van der Waals surface area contributed by atoms with Gasteiger partial charge in [0.05, 0.1) is 0 Å². The summed E-state index contributed by atoms with van der Waals surface area (Å²) in [5.74, 6) is 0. The molecule has 1 atom stereocenters. The first-order valence-electron chi connectivity index (χ1n) is 8.00. The summed E-state index contributed by atoms with van der Waals surface area (Å²) in [6, 6.07) is 6.86. The van der Waals surface area contributed by atoms with E-state index >= 15 is 0 Å². The molecule has 114 valence electrons. The summed E-state index contributed by atoms with van der Waals surface area (Å²) in [4.78, 5) is 6.92. The van der Waals surface area contributed by atoms with E-state index in [9.17, 15) is 0 Å². The van der Waals surface area contributed by atoms with Crippen LogP contribution in [-0.4, -0.2) is 17.6 Å². The lowest BCUT2D eigenvalue weighted by Gasteiger charge is -2.32. The molecule has 0 saturated carbocycles. The number of unbranched alkanes of at least 4 members (excludes halogenated alkanes) is 1. The molecule has 0 radical (unpaired) electrons. The van der Waals surface area contributed by atoms with Crippen molar-refractivity contribution in [2.75, 3.05) is 17.2 Å². The van der Waals surface area contributed by atoms with Gasteiger partial charge in [-0.05, 0) is 44.9 Å². The van der Waals surface area contributed by atoms with E-state index in [1.54, 1.807) is 0 Å². The lowest BCUT2D eigenvalue weighted by atomic mass is 10.0. The van der Waals surface area contributed by atoms with Crippen LogP contribution in [-0.2, 0) is 0 Å². The van der Waals surface area contributed by atoms with Crippen molar-refractivity contribution in [3.8, 4) is 0 Å². The molecule has 1 aromatic carbocycles. The van der Waals surface area contributed by atoms with Gasteiger partial charge in [0, 0.05) is 46.6 Å². The first-order valence-corrected chi connectivity index (χ1v) is 8.00. The zero-order valence-corrected chi connectivity index (χ0v) is 13.7. The van der Waals surface area contributed by atoms with Gasteiger partial charge < -0.3 is 10.6 Å². The van der Waals surface area contributed by atoms with Crippen LogP contribution in [0.25, 0.3) is 10.8 Å². The van der Waals surface area contributed by atoms with Crippen molar-refractivity contribution in [3.63, 3.8) is 0 Å². The van der Waals surface area contributed by atoms with E-state index in [0.717, 1.165) is 29.7 Å². The summed E-state index contributed by atoms with van der Waals surface area (Å²) < 4.78 is 0. The second kappa shape index (κ2) is 6.79. The van der Waals surface area contributed by atoms with Crippen LogP contribution in [0.5, 0.6) is 0 Å². The molecule has 2 N–H and O–H groups in total. The summed E-state index contributed by atoms with van der Waals surface area (Å²) in [5.41, 5.74) is 9.25. The Bertz CT molecular complexity index is 607. The first kappa shape index (κ1) is 15.6. The molecule has 21 heavy (non-hydrogen) atoms. The average Bonchev–Trinajstić information content (AvgIpc) is 2.49. The molecule has 1 heterocycles. The highest BCUT2D eigenvalue weighted by Crippen LogP contribution is 2.32. The second-order valence-electron chi connectivity index (χ2n) is 5.85. The van der Waals surface area contributed by atoms with Gasteiger partial charge in [-0.1, -0.05) is 20.3 Å². The van der Waals surface area contributed by atoms with Crippen molar-refractivity contribution >= 4 is 22.1 Å². The molecule has 0 aliphatic heterocycles. The predicted molar refractivity (Wildman–Crippen MR) is 92.9 cm³/mol. The maximum Gasteiger partial charge on any atom is 0.0451 e. The molecule has 1 aromatic heterocycles. The van der Waals surface area contributed by atoms with Crippen LogP contribution in [0.3, 0.4) is 0 Å². The fraction of sp³-hybridized carbons (Fsp3) is 0.500. The molecule has 0 bridgehead atoms. The topological polar surface area (TPSA) is 42.1 Å². The maximum atomic E-state index is 6.13. The minimum absolute atomic E-state index is 0.525. The SMILES string of the molecule is CCCCN(c1ccc(N)c2cnc(C)cc12)C(C)CC. The van der Waals surface area contributed by atoms with E-state index in [4.69, 9.17) is 5.73 Å². The van der Waals surface area contributed by atoms with Crippen molar-refractivity contribution in [1.29, 1.82) is 0 Å². The number of aryl methyl sites for hydroxylation is 1. The third-order valence-electron chi connectivity index (χ3n) is 4.23. The fourth-order valence-electron chi connectivity index (χ4n) is 2.73.